The Kier molecular flexibility index (Phi) is 4.52. The van der Waals surface area contributed by atoms with Crippen LogP contribution in [0.3, 0.4) is 0 Å². The Morgan fingerprint density at radius 2 is 1.96 bits per heavy atom. The summed E-state index contributed by atoms with van der Waals surface area (Å²) in [7, 11) is -1.87. The zero-order valence-corrected chi connectivity index (χ0v) is 16.4. The highest BCUT2D eigenvalue weighted by molar-refractivity contribution is 7.93. The summed E-state index contributed by atoms with van der Waals surface area (Å²) in [5.41, 5.74) is 0.481. The van der Waals surface area contributed by atoms with Crippen LogP contribution in [0, 0.1) is 11.8 Å². The number of rotatable bonds is 4. The van der Waals surface area contributed by atoms with E-state index in [1.807, 2.05) is 4.68 Å². The lowest BCUT2D eigenvalue weighted by atomic mass is 9.82. The maximum absolute atomic E-state index is 12.8. The van der Waals surface area contributed by atoms with E-state index in [1.165, 1.54) is 37.6 Å². The van der Waals surface area contributed by atoms with E-state index in [9.17, 15) is 18.0 Å². The highest BCUT2D eigenvalue weighted by atomic mass is 32.2. The van der Waals surface area contributed by atoms with E-state index in [1.54, 1.807) is 12.4 Å². The lowest BCUT2D eigenvalue weighted by Crippen LogP contribution is -2.69. The minimum Gasteiger partial charge on any atom is -0.359 e. The van der Waals surface area contributed by atoms with Gasteiger partial charge in [-0.1, -0.05) is 12.8 Å². The lowest BCUT2D eigenvalue weighted by molar-refractivity contribution is -0.126. The predicted molar refractivity (Wildman–Crippen MR) is 98.8 cm³/mol. The number of carbonyl (C=O) groups excluding carboxylic acids is 2. The second-order valence-electron chi connectivity index (χ2n) is 8.10. The molecule has 0 radical (unpaired) electrons. The molecule has 1 aliphatic carbocycles. The molecule has 2 aliphatic heterocycles. The fourth-order valence-corrected chi connectivity index (χ4v) is 7.19. The van der Waals surface area contributed by atoms with Gasteiger partial charge in [-0.3, -0.25) is 14.3 Å². The second-order valence-corrected chi connectivity index (χ2v) is 10.6. The van der Waals surface area contributed by atoms with E-state index in [-0.39, 0.29) is 30.7 Å². The third kappa shape index (κ3) is 2.96. The highest BCUT2D eigenvalue weighted by Gasteiger charge is 2.64. The molecule has 3 heterocycles. The van der Waals surface area contributed by atoms with Gasteiger partial charge in [-0.05, 0) is 25.2 Å². The van der Waals surface area contributed by atoms with Gasteiger partial charge in [0.2, 0.25) is 5.91 Å². The molecule has 0 aromatic carbocycles. The molecular weight excluding hydrogens is 368 g/mol. The van der Waals surface area contributed by atoms with Crippen LogP contribution < -0.4 is 5.32 Å². The topological polar surface area (TPSA) is 101 Å². The van der Waals surface area contributed by atoms with Crippen LogP contribution in [-0.4, -0.2) is 65.5 Å². The molecule has 9 heteroatoms. The van der Waals surface area contributed by atoms with Gasteiger partial charge in [0, 0.05) is 32.9 Å². The minimum atomic E-state index is -3.39. The molecule has 3 fully saturated rings. The summed E-state index contributed by atoms with van der Waals surface area (Å²) >= 11 is 0. The molecule has 1 aromatic heterocycles. The summed E-state index contributed by atoms with van der Waals surface area (Å²) in [5, 5.41) is 6.86. The average molecular weight is 394 g/mol. The molecule has 148 valence electrons. The predicted octanol–water partition coefficient (Wildman–Crippen LogP) is 0.449. The van der Waals surface area contributed by atoms with Crippen LogP contribution in [0.2, 0.25) is 0 Å². The molecule has 27 heavy (non-hydrogen) atoms. The van der Waals surface area contributed by atoms with Crippen LogP contribution in [0.15, 0.2) is 12.4 Å². The van der Waals surface area contributed by atoms with Crippen molar-refractivity contribution in [3.8, 4) is 0 Å². The van der Waals surface area contributed by atoms with Crippen LogP contribution in [0.1, 0.15) is 42.5 Å². The van der Waals surface area contributed by atoms with E-state index in [0.29, 0.717) is 17.9 Å². The van der Waals surface area contributed by atoms with Gasteiger partial charge >= 0.3 is 0 Å². The quantitative estimate of drug-likeness (QED) is 0.799. The molecule has 3 aliphatic rings. The van der Waals surface area contributed by atoms with Gasteiger partial charge in [-0.15, -0.1) is 0 Å². The first-order valence-corrected chi connectivity index (χ1v) is 11.3. The summed E-state index contributed by atoms with van der Waals surface area (Å²) in [4.78, 5) is 26.4. The van der Waals surface area contributed by atoms with Crippen LogP contribution in [-0.2, 0) is 21.2 Å². The Labute approximate surface area is 159 Å². The van der Waals surface area contributed by atoms with Crippen molar-refractivity contribution in [3.63, 3.8) is 0 Å². The van der Waals surface area contributed by atoms with Crippen molar-refractivity contribution in [1.82, 2.24) is 20.0 Å². The summed E-state index contributed by atoms with van der Waals surface area (Å²) in [6.45, 7) is 0.991. The Morgan fingerprint density at radius 1 is 1.26 bits per heavy atom. The molecular formula is C18H26N4O4S. The van der Waals surface area contributed by atoms with Gasteiger partial charge < -0.3 is 10.2 Å². The molecule has 2 amide bonds. The number of nitrogens with zero attached hydrogens (tertiary/aromatic N) is 3. The minimum absolute atomic E-state index is 0.00639. The Balaban J connectivity index is 1.44. The number of nitrogens with one attached hydrogen (secondary N) is 1. The molecule has 1 atom stereocenters. The largest absolute Gasteiger partial charge is 0.359 e. The van der Waals surface area contributed by atoms with E-state index in [2.05, 4.69) is 10.4 Å². The first kappa shape index (κ1) is 18.5. The molecule has 8 nitrogen and oxygen atoms in total. The fraction of sp³-hybridized carbons (Fsp3) is 0.722. The monoisotopic (exact) mass is 394 g/mol. The molecule has 2 saturated heterocycles. The third-order valence-electron chi connectivity index (χ3n) is 6.50. The zero-order chi connectivity index (χ0) is 19.2. The number of likely N-dealkylation sites (tertiary alicyclic amines) is 1. The van der Waals surface area contributed by atoms with Crippen molar-refractivity contribution in [2.75, 3.05) is 25.9 Å². The molecule has 4 rings (SSSR count). The normalized spacial score (nSPS) is 26.3. The van der Waals surface area contributed by atoms with Crippen molar-refractivity contribution < 1.29 is 18.0 Å². The van der Waals surface area contributed by atoms with Gasteiger partial charge in [-0.2, -0.15) is 5.10 Å². The molecule has 1 saturated carbocycles. The van der Waals surface area contributed by atoms with Gasteiger partial charge in [0.25, 0.3) is 5.91 Å². The molecule has 1 unspecified atom stereocenters. The second kappa shape index (κ2) is 6.61. The van der Waals surface area contributed by atoms with Crippen molar-refractivity contribution >= 4 is 21.7 Å². The smallest absolute Gasteiger partial charge is 0.257 e. The maximum atomic E-state index is 12.8. The number of aromatic nitrogens is 2. The summed E-state index contributed by atoms with van der Waals surface area (Å²) in [6.07, 6.45) is 8.56. The first-order valence-electron chi connectivity index (χ1n) is 9.62. The van der Waals surface area contributed by atoms with E-state index >= 15 is 0 Å². The van der Waals surface area contributed by atoms with Crippen molar-refractivity contribution in [2.24, 2.45) is 11.8 Å². The zero-order valence-electron chi connectivity index (χ0n) is 15.6. The number of sulfone groups is 1. The number of carbonyl (C=O) groups is 2. The number of amides is 2. The first-order chi connectivity index (χ1) is 12.9. The van der Waals surface area contributed by atoms with Crippen LogP contribution in [0.4, 0.5) is 0 Å². The van der Waals surface area contributed by atoms with E-state index in [4.69, 9.17) is 0 Å². The fourth-order valence-electron chi connectivity index (χ4n) is 4.87. The Bertz CT molecular complexity index is 850. The molecule has 0 bridgehead atoms. The summed E-state index contributed by atoms with van der Waals surface area (Å²) in [5.74, 6) is -0.422. The Hall–Kier alpha value is -1.90. The lowest BCUT2D eigenvalue weighted by Gasteiger charge is -2.49. The molecule has 1 aromatic rings. The average Bonchev–Trinajstić information content (AvgIpc) is 3.32. The number of hydrogen-bond acceptors (Lipinski definition) is 5. The molecule has 1 spiro atoms. The van der Waals surface area contributed by atoms with Crippen molar-refractivity contribution in [1.29, 1.82) is 0 Å². The summed E-state index contributed by atoms with van der Waals surface area (Å²) in [6, 6.07) is 0. The van der Waals surface area contributed by atoms with Crippen molar-refractivity contribution in [3.05, 3.63) is 18.0 Å². The van der Waals surface area contributed by atoms with Gasteiger partial charge in [-0.25, -0.2) is 8.42 Å². The van der Waals surface area contributed by atoms with E-state index < -0.39 is 20.5 Å². The third-order valence-corrected chi connectivity index (χ3v) is 9.05. The van der Waals surface area contributed by atoms with Crippen LogP contribution in [0.25, 0.3) is 0 Å². The van der Waals surface area contributed by atoms with Crippen LogP contribution in [0.5, 0.6) is 0 Å². The summed E-state index contributed by atoms with van der Waals surface area (Å²) < 4.78 is 25.8. The number of hydrogen-bond donors (Lipinski definition) is 1. The van der Waals surface area contributed by atoms with Gasteiger partial charge in [0.15, 0.2) is 9.84 Å². The van der Waals surface area contributed by atoms with Gasteiger partial charge in [0.1, 0.15) is 4.75 Å². The Morgan fingerprint density at radius 3 is 2.63 bits per heavy atom. The van der Waals surface area contributed by atoms with Gasteiger partial charge in [0.05, 0.1) is 23.4 Å². The van der Waals surface area contributed by atoms with Crippen molar-refractivity contribution in [2.45, 2.75) is 43.4 Å². The SMILES string of the molecule is CNC(=O)C1CCS(=O)(=O)C12CN(C(=O)c1cnn(CC3CCCC3)c1)C2. The van der Waals surface area contributed by atoms with E-state index in [0.717, 1.165) is 6.54 Å². The standard InChI is InChI=1S/C18H26N4O4S/c1-19-16(23)15-6-7-27(25,26)18(15)11-21(12-18)17(24)14-8-20-22(10-14)9-13-4-2-3-5-13/h8,10,13,15H,2-7,9,11-12H2,1H3,(H,19,23). The van der Waals surface area contributed by atoms with Crippen LogP contribution >= 0.6 is 0 Å². The maximum Gasteiger partial charge on any atom is 0.257 e. The molecule has 1 N–H and O–H groups in total. The highest BCUT2D eigenvalue weighted by Crippen LogP contribution is 2.45.